The quantitative estimate of drug-likeness (QED) is 0.265. The summed E-state index contributed by atoms with van der Waals surface area (Å²) in [5.41, 5.74) is 5.81. The van der Waals surface area contributed by atoms with Gasteiger partial charge in [-0.3, -0.25) is 19.1 Å². The summed E-state index contributed by atoms with van der Waals surface area (Å²) in [5, 5.41) is 22.8. The van der Waals surface area contributed by atoms with E-state index in [2.05, 4.69) is 14.8 Å². The minimum Gasteiger partial charge on any atom is -0.463 e. The number of hydrogen-bond donors (Lipinski definition) is 3. The summed E-state index contributed by atoms with van der Waals surface area (Å²) < 4.78 is 24.0. The number of carbonyl (C=O) groups excluding carboxylic acids is 1. The predicted molar refractivity (Wildman–Crippen MR) is 72.6 cm³/mol. The van der Waals surface area contributed by atoms with Crippen molar-refractivity contribution in [2.75, 3.05) is 6.61 Å². The first kappa shape index (κ1) is 17.6. The standard InChI is InChI=1S/C11H12FN5O7/c1-3(18)23-2-4-6(19)7(20)10(24-4)17-8(15-16-13)5(12)9(21)14-11(17)22/h4,6-7,10,19-20H,2H2,1H3,(H,14,21,22)/t4-,6-,7-,10-/m1/s1. The number of aromatic nitrogens is 2. The Labute approximate surface area is 131 Å². The fraction of sp³-hybridized carbons (Fsp3) is 0.545. The van der Waals surface area contributed by atoms with E-state index in [4.69, 9.17) is 10.3 Å². The molecule has 1 aromatic rings. The second kappa shape index (κ2) is 6.80. The van der Waals surface area contributed by atoms with Crippen LogP contribution in [0.4, 0.5) is 10.2 Å². The normalized spacial score (nSPS) is 26.0. The number of carbonyl (C=O) groups is 1. The lowest BCUT2D eigenvalue weighted by molar-refractivity contribution is -0.147. The van der Waals surface area contributed by atoms with Gasteiger partial charge in [0.15, 0.2) is 12.0 Å². The van der Waals surface area contributed by atoms with E-state index in [1.807, 2.05) is 0 Å². The van der Waals surface area contributed by atoms with Crippen LogP contribution in [0.15, 0.2) is 14.7 Å². The van der Waals surface area contributed by atoms with Gasteiger partial charge in [-0.15, -0.1) is 0 Å². The molecule has 1 fully saturated rings. The SMILES string of the molecule is CC(=O)OC[C@H]1O[C@@H](n2c(N=[N+]=[N-])c(F)c(=O)[nH]c2=O)[C@H](O)[C@@H]1O. The molecule has 1 aliphatic rings. The van der Waals surface area contributed by atoms with Crippen LogP contribution in [0.5, 0.6) is 0 Å². The third-order valence-electron chi connectivity index (χ3n) is 3.25. The maximum Gasteiger partial charge on any atom is 0.331 e. The number of rotatable bonds is 4. The number of hydrogen-bond acceptors (Lipinski definition) is 8. The lowest BCUT2D eigenvalue weighted by Crippen LogP contribution is -2.39. The number of esters is 1. The number of aromatic amines is 1. The molecule has 1 aromatic heterocycles. The Morgan fingerprint density at radius 1 is 1.50 bits per heavy atom. The molecule has 0 spiro atoms. The van der Waals surface area contributed by atoms with Gasteiger partial charge < -0.3 is 19.7 Å². The van der Waals surface area contributed by atoms with Crippen LogP contribution >= 0.6 is 0 Å². The number of ether oxygens (including phenoxy) is 2. The number of aliphatic hydroxyl groups excluding tert-OH is 2. The van der Waals surface area contributed by atoms with Crippen molar-refractivity contribution >= 4 is 11.8 Å². The van der Waals surface area contributed by atoms with Crippen LogP contribution in [0.3, 0.4) is 0 Å². The van der Waals surface area contributed by atoms with Gasteiger partial charge in [-0.2, -0.15) is 4.39 Å². The van der Waals surface area contributed by atoms with Gasteiger partial charge in [0.05, 0.1) is 0 Å². The van der Waals surface area contributed by atoms with E-state index in [9.17, 15) is 29.0 Å². The zero-order valence-corrected chi connectivity index (χ0v) is 12.1. The van der Waals surface area contributed by atoms with Crippen molar-refractivity contribution in [3.8, 4) is 0 Å². The van der Waals surface area contributed by atoms with Gasteiger partial charge in [-0.25, -0.2) is 4.79 Å². The van der Waals surface area contributed by atoms with Crippen LogP contribution in [0.2, 0.25) is 0 Å². The molecule has 4 atom stereocenters. The largest absolute Gasteiger partial charge is 0.463 e. The molecule has 0 amide bonds. The smallest absolute Gasteiger partial charge is 0.331 e. The summed E-state index contributed by atoms with van der Waals surface area (Å²) in [4.78, 5) is 37.9. The monoisotopic (exact) mass is 345 g/mol. The maximum atomic E-state index is 13.8. The number of H-pyrrole nitrogens is 1. The van der Waals surface area contributed by atoms with E-state index in [0.29, 0.717) is 4.57 Å². The minimum absolute atomic E-state index is 0.359. The topological polar surface area (TPSA) is 180 Å². The van der Waals surface area contributed by atoms with Crippen LogP contribution in [0.25, 0.3) is 10.4 Å². The molecule has 0 saturated carbocycles. The fourth-order valence-electron chi connectivity index (χ4n) is 2.17. The van der Waals surface area contributed by atoms with Crippen molar-refractivity contribution in [3.05, 3.63) is 37.1 Å². The van der Waals surface area contributed by atoms with Gasteiger partial charge in [-0.05, 0) is 10.6 Å². The molecular formula is C11H12FN5O7. The van der Waals surface area contributed by atoms with Crippen LogP contribution < -0.4 is 11.2 Å². The van der Waals surface area contributed by atoms with Crippen LogP contribution in [-0.4, -0.2) is 50.7 Å². The van der Waals surface area contributed by atoms with Crippen molar-refractivity contribution in [1.82, 2.24) is 9.55 Å². The Morgan fingerprint density at radius 2 is 2.17 bits per heavy atom. The van der Waals surface area contributed by atoms with Crippen molar-refractivity contribution in [2.24, 2.45) is 5.11 Å². The average molecular weight is 345 g/mol. The second-order valence-electron chi connectivity index (χ2n) is 4.81. The average Bonchev–Trinajstić information content (AvgIpc) is 2.79. The highest BCUT2D eigenvalue weighted by Crippen LogP contribution is 2.31. The summed E-state index contributed by atoms with van der Waals surface area (Å²) in [6, 6.07) is 0. The highest BCUT2D eigenvalue weighted by molar-refractivity contribution is 5.65. The zero-order valence-electron chi connectivity index (χ0n) is 12.1. The molecule has 1 saturated heterocycles. The minimum atomic E-state index is -1.75. The van der Waals surface area contributed by atoms with Crippen molar-refractivity contribution in [2.45, 2.75) is 31.5 Å². The summed E-state index contributed by atoms with van der Waals surface area (Å²) in [6.07, 6.45) is -6.24. The highest BCUT2D eigenvalue weighted by Gasteiger charge is 2.45. The molecule has 3 N–H and O–H groups in total. The van der Waals surface area contributed by atoms with Crippen LogP contribution in [0.1, 0.15) is 13.2 Å². The Bertz CT molecular complexity index is 814. The van der Waals surface area contributed by atoms with E-state index >= 15 is 0 Å². The molecule has 13 heteroatoms. The Morgan fingerprint density at radius 3 is 2.75 bits per heavy atom. The highest BCUT2D eigenvalue weighted by atomic mass is 19.1. The van der Waals surface area contributed by atoms with E-state index in [0.717, 1.165) is 6.92 Å². The summed E-state index contributed by atoms with van der Waals surface area (Å²) in [5.74, 6) is -3.26. The molecule has 24 heavy (non-hydrogen) atoms. The lowest BCUT2D eigenvalue weighted by Gasteiger charge is -2.19. The molecule has 0 unspecified atom stereocenters. The Kier molecular flexibility index (Phi) is 4.99. The van der Waals surface area contributed by atoms with Gasteiger partial charge in [0.1, 0.15) is 24.9 Å². The van der Waals surface area contributed by atoms with E-state index in [1.165, 1.54) is 0 Å². The van der Waals surface area contributed by atoms with Crippen molar-refractivity contribution in [1.29, 1.82) is 0 Å². The molecule has 0 radical (unpaired) electrons. The third-order valence-corrected chi connectivity index (χ3v) is 3.25. The van der Waals surface area contributed by atoms with Crippen molar-refractivity contribution < 1.29 is 28.9 Å². The molecule has 130 valence electrons. The molecule has 2 rings (SSSR count). The lowest BCUT2D eigenvalue weighted by atomic mass is 10.1. The predicted octanol–water partition coefficient (Wildman–Crippen LogP) is -1.20. The van der Waals surface area contributed by atoms with E-state index in [-0.39, 0.29) is 0 Å². The van der Waals surface area contributed by atoms with Gasteiger partial charge in [0.25, 0.3) is 5.56 Å². The molecular weight excluding hydrogens is 333 g/mol. The zero-order chi connectivity index (χ0) is 18.0. The van der Waals surface area contributed by atoms with Gasteiger partial charge in [0.2, 0.25) is 5.82 Å². The Hall–Kier alpha value is -2.73. The van der Waals surface area contributed by atoms with Crippen molar-refractivity contribution in [3.63, 3.8) is 0 Å². The van der Waals surface area contributed by atoms with Crippen LogP contribution in [-0.2, 0) is 14.3 Å². The van der Waals surface area contributed by atoms with Gasteiger partial charge >= 0.3 is 11.7 Å². The van der Waals surface area contributed by atoms with E-state index < -0.39 is 60.0 Å². The van der Waals surface area contributed by atoms with Crippen LogP contribution in [0, 0.1) is 5.82 Å². The first-order valence-electron chi connectivity index (χ1n) is 6.52. The Balaban J connectivity index is 2.47. The first-order chi connectivity index (χ1) is 11.3. The first-order valence-corrected chi connectivity index (χ1v) is 6.52. The number of aliphatic hydroxyl groups is 2. The number of halogens is 1. The summed E-state index contributed by atoms with van der Waals surface area (Å²) >= 11 is 0. The van der Waals surface area contributed by atoms with Gasteiger partial charge in [0, 0.05) is 11.8 Å². The molecule has 0 bridgehead atoms. The number of nitrogens with zero attached hydrogens (tertiary/aromatic N) is 4. The van der Waals surface area contributed by atoms with Gasteiger partial charge in [-0.1, -0.05) is 0 Å². The molecule has 2 heterocycles. The summed E-state index contributed by atoms with van der Waals surface area (Å²) in [7, 11) is 0. The summed E-state index contributed by atoms with van der Waals surface area (Å²) in [6.45, 7) is 0.665. The van der Waals surface area contributed by atoms with E-state index in [1.54, 1.807) is 4.98 Å². The molecule has 0 aromatic carbocycles. The number of nitrogens with one attached hydrogen (secondary N) is 1. The molecule has 1 aliphatic heterocycles. The fourth-order valence-corrected chi connectivity index (χ4v) is 2.17. The second-order valence-corrected chi connectivity index (χ2v) is 4.81. The number of azide groups is 1. The maximum absolute atomic E-state index is 13.8. The molecule has 12 nitrogen and oxygen atoms in total. The molecule has 0 aliphatic carbocycles. The third kappa shape index (κ3) is 3.14.